The van der Waals surface area contributed by atoms with Crippen molar-refractivity contribution in [3.05, 3.63) is 77.9 Å². The molecule has 5 nitrogen and oxygen atoms in total. The SMILES string of the molecule is CN=C(NCc1cccc2ccccc12)NCC1CC(=O)Nc2ccccc21. The molecule has 1 amide bonds. The van der Waals surface area contributed by atoms with Crippen LogP contribution in [0, 0.1) is 0 Å². The number of nitrogens with zero attached hydrogens (tertiary/aromatic N) is 1. The third-order valence-corrected chi connectivity index (χ3v) is 5.17. The van der Waals surface area contributed by atoms with Crippen molar-refractivity contribution in [2.24, 2.45) is 4.99 Å². The number of carbonyl (C=O) groups excluding carboxylic acids is 1. The van der Waals surface area contributed by atoms with Crippen LogP contribution in [-0.2, 0) is 11.3 Å². The number of fused-ring (bicyclic) bond motifs is 2. The average Bonchev–Trinajstić information content (AvgIpc) is 2.73. The standard InChI is InChI=1S/C23H24N4O/c1-24-23(25-14-17-9-6-8-16-7-2-3-10-19(16)17)26-15-18-13-22(28)27-21-12-5-4-11-20(18)21/h2-12,18H,13-15H2,1H3,(H,27,28)(H2,24,25,26). The second-order valence-electron chi connectivity index (χ2n) is 6.98. The lowest BCUT2D eigenvalue weighted by atomic mass is 9.90. The molecule has 0 radical (unpaired) electrons. The molecule has 3 aromatic carbocycles. The van der Waals surface area contributed by atoms with E-state index in [9.17, 15) is 4.79 Å². The molecule has 0 saturated heterocycles. The highest BCUT2D eigenvalue weighted by molar-refractivity contribution is 5.95. The first-order chi connectivity index (χ1) is 13.7. The number of guanidine groups is 1. The Balaban J connectivity index is 1.41. The van der Waals surface area contributed by atoms with Gasteiger partial charge in [0.2, 0.25) is 5.91 Å². The molecule has 0 bridgehead atoms. The fraction of sp³-hybridized carbons (Fsp3) is 0.217. The third kappa shape index (κ3) is 3.83. The van der Waals surface area contributed by atoms with Gasteiger partial charge in [-0.2, -0.15) is 0 Å². The number of benzene rings is 3. The second-order valence-corrected chi connectivity index (χ2v) is 6.98. The van der Waals surface area contributed by atoms with Gasteiger partial charge in [0.1, 0.15) is 0 Å². The van der Waals surface area contributed by atoms with E-state index < -0.39 is 0 Å². The topological polar surface area (TPSA) is 65.5 Å². The summed E-state index contributed by atoms with van der Waals surface area (Å²) in [5.74, 6) is 0.918. The molecule has 1 atom stereocenters. The summed E-state index contributed by atoms with van der Waals surface area (Å²) in [6.07, 6.45) is 0.477. The van der Waals surface area contributed by atoms with Crippen molar-refractivity contribution < 1.29 is 4.79 Å². The van der Waals surface area contributed by atoms with Gasteiger partial charge in [-0.25, -0.2) is 0 Å². The number of nitrogens with one attached hydrogen (secondary N) is 3. The Labute approximate surface area is 164 Å². The lowest BCUT2D eigenvalue weighted by molar-refractivity contribution is -0.116. The third-order valence-electron chi connectivity index (χ3n) is 5.17. The van der Waals surface area contributed by atoms with Gasteiger partial charge in [0, 0.05) is 38.2 Å². The van der Waals surface area contributed by atoms with E-state index in [-0.39, 0.29) is 11.8 Å². The van der Waals surface area contributed by atoms with Gasteiger partial charge < -0.3 is 16.0 Å². The Morgan fingerprint density at radius 3 is 2.71 bits per heavy atom. The van der Waals surface area contributed by atoms with Gasteiger partial charge in [-0.05, 0) is 28.0 Å². The summed E-state index contributed by atoms with van der Waals surface area (Å²) in [5, 5.41) is 12.2. The maximum atomic E-state index is 12.0. The predicted octanol–water partition coefficient (Wildman–Crippen LogP) is 3.63. The minimum atomic E-state index is 0.0594. The van der Waals surface area contributed by atoms with Crippen LogP contribution < -0.4 is 16.0 Å². The lowest BCUT2D eigenvalue weighted by Crippen LogP contribution is -2.40. The fourth-order valence-electron chi connectivity index (χ4n) is 3.75. The molecule has 28 heavy (non-hydrogen) atoms. The zero-order valence-corrected chi connectivity index (χ0v) is 15.9. The van der Waals surface area contributed by atoms with E-state index in [1.807, 2.05) is 18.2 Å². The lowest BCUT2D eigenvalue weighted by Gasteiger charge is -2.26. The van der Waals surface area contributed by atoms with Crippen molar-refractivity contribution in [2.45, 2.75) is 18.9 Å². The van der Waals surface area contributed by atoms with Crippen LogP contribution in [0.3, 0.4) is 0 Å². The van der Waals surface area contributed by atoms with E-state index in [1.165, 1.54) is 21.9 Å². The monoisotopic (exact) mass is 372 g/mol. The number of amides is 1. The second kappa shape index (κ2) is 8.13. The Morgan fingerprint density at radius 1 is 1.04 bits per heavy atom. The molecule has 5 heteroatoms. The molecule has 1 aliphatic heterocycles. The number of anilines is 1. The Bertz CT molecular complexity index is 1020. The summed E-state index contributed by atoms with van der Waals surface area (Å²) in [5.41, 5.74) is 3.30. The highest BCUT2D eigenvalue weighted by Gasteiger charge is 2.24. The first-order valence-corrected chi connectivity index (χ1v) is 9.54. The largest absolute Gasteiger partial charge is 0.356 e. The zero-order valence-electron chi connectivity index (χ0n) is 15.9. The Kier molecular flexibility index (Phi) is 5.24. The van der Waals surface area contributed by atoms with Crippen molar-refractivity contribution >= 4 is 28.3 Å². The number of para-hydroxylation sites is 1. The number of carbonyl (C=O) groups is 1. The summed E-state index contributed by atoms with van der Waals surface area (Å²) < 4.78 is 0. The zero-order chi connectivity index (χ0) is 19.3. The summed E-state index contributed by atoms with van der Waals surface area (Å²) in [7, 11) is 1.76. The molecular formula is C23H24N4O. The van der Waals surface area contributed by atoms with E-state index in [1.54, 1.807) is 7.05 Å². The highest BCUT2D eigenvalue weighted by Crippen LogP contribution is 2.31. The van der Waals surface area contributed by atoms with Crippen LogP contribution in [0.2, 0.25) is 0 Å². The number of rotatable bonds is 4. The van der Waals surface area contributed by atoms with Crippen LogP contribution in [0.4, 0.5) is 5.69 Å². The molecule has 0 spiro atoms. The number of aliphatic imine (C=N–C) groups is 1. The predicted molar refractivity (Wildman–Crippen MR) is 115 cm³/mol. The minimum absolute atomic E-state index is 0.0594. The fourth-order valence-corrected chi connectivity index (χ4v) is 3.75. The smallest absolute Gasteiger partial charge is 0.225 e. The molecule has 1 heterocycles. The van der Waals surface area contributed by atoms with Crippen molar-refractivity contribution in [3.8, 4) is 0 Å². The van der Waals surface area contributed by atoms with Gasteiger partial charge in [0.15, 0.2) is 5.96 Å². The van der Waals surface area contributed by atoms with Crippen molar-refractivity contribution in [3.63, 3.8) is 0 Å². The summed E-state index contributed by atoms with van der Waals surface area (Å²) in [6, 6.07) is 22.7. The van der Waals surface area contributed by atoms with Gasteiger partial charge in [-0.3, -0.25) is 9.79 Å². The molecule has 1 aliphatic rings. The van der Waals surface area contributed by atoms with Crippen LogP contribution in [-0.4, -0.2) is 25.5 Å². The van der Waals surface area contributed by atoms with Crippen LogP contribution >= 0.6 is 0 Å². The van der Waals surface area contributed by atoms with Crippen LogP contribution in [0.15, 0.2) is 71.7 Å². The number of hydrogen-bond acceptors (Lipinski definition) is 2. The molecule has 0 saturated carbocycles. The molecular weight excluding hydrogens is 348 g/mol. The summed E-state index contributed by atoms with van der Waals surface area (Å²) >= 11 is 0. The van der Waals surface area contributed by atoms with Crippen molar-refractivity contribution in [2.75, 3.05) is 18.9 Å². The van der Waals surface area contributed by atoms with E-state index >= 15 is 0 Å². The Hall–Kier alpha value is -3.34. The van der Waals surface area contributed by atoms with Gasteiger partial charge in [-0.1, -0.05) is 60.7 Å². The van der Waals surface area contributed by atoms with Gasteiger partial charge >= 0.3 is 0 Å². The maximum absolute atomic E-state index is 12.0. The van der Waals surface area contributed by atoms with E-state index in [4.69, 9.17) is 0 Å². The Morgan fingerprint density at radius 2 is 1.82 bits per heavy atom. The van der Waals surface area contributed by atoms with Gasteiger partial charge in [0.05, 0.1) is 0 Å². The van der Waals surface area contributed by atoms with Crippen molar-refractivity contribution in [1.29, 1.82) is 0 Å². The normalized spacial score (nSPS) is 16.4. The molecule has 0 aromatic heterocycles. The molecule has 3 aromatic rings. The molecule has 0 fully saturated rings. The van der Waals surface area contributed by atoms with Gasteiger partial charge in [0.25, 0.3) is 0 Å². The van der Waals surface area contributed by atoms with E-state index in [0.717, 1.165) is 11.6 Å². The molecule has 3 N–H and O–H groups in total. The molecule has 142 valence electrons. The van der Waals surface area contributed by atoms with E-state index in [2.05, 4.69) is 69.5 Å². The van der Waals surface area contributed by atoms with Crippen LogP contribution in [0.1, 0.15) is 23.5 Å². The molecule has 0 aliphatic carbocycles. The van der Waals surface area contributed by atoms with Crippen molar-refractivity contribution in [1.82, 2.24) is 10.6 Å². The maximum Gasteiger partial charge on any atom is 0.225 e. The average molecular weight is 372 g/mol. The van der Waals surface area contributed by atoms with Gasteiger partial charge in [-0.15, -0.1) is 0 Å². The first kappa shape index (κ1) is 18.0. The minimum Gasteiger partial charge on any atom is -0.356 e. The van der Waals surface area contributed by atoms with E-state index in [0.29, 0.717) is 19.5 Å². The summed E-state index contributed by atoms with van der Waals surface area (Å²) in [6.45, 7) is 1.34. The van der Waals surface area contributed by atoms with Crippen LogP contribution in [0.25, 0.3) is 10.8 Å². The quantitative estimate of drug-likeness (QED) is 0.484. The highest BCUT2D eigenvalue weighted by atomic mass is 16.1. The van der Waals surface area contributed by atoms with Crippen LogP contribution in [0.5, 0.6) is 0 Å². The molecule has 4 rings (SSSR count). The first-order valence-electron chi connectivity index (χ1n) is 9.54. The summed E-state index contributed by atoms with van der Waals surface area (Å²) in [4.78, 5) is 16.3. The molecule has 1 unspecified atom stereocenters. The number of hydrogen-bond donors (Lipinski definition) is 3.